The first kappa shape index (κ1) is 27.0. The van der Waals surface area contributed by atoms with Crippen molar-refractivity contribution < 1.29 is 19.0 Å². The van der Waals surface area contributed by atoms with E-state index in [0.717, 1.165) is 23.0 Å². The molecule has 1 atom stereocenters. The molecule has 0 radical (unpaired) electrons. The van der Waals surface area contributed by atoms with Crippen molar-refractivity contribution in [3.05, 3.63) is 89.2 Å². The molecule has 0 spiro atoms. The van der Waals surface area contributed by atoms with Gasteiger partial charge in [0.1, 0.15) is 0 Å². The molecule has 0 saturated heterocycles. The van der Waals surface area contributed by atoms with E-state index in [1.165, 1.54) is 11.3 Å². The van der Waals surface area contributed by atoms with Gasteiger partial charge in [0.15, 0.2) is 16.3 Å². The summed E-state index contributed by atoms with van der Waals surface area (Å²) in [6, 6.07) is 10.9. The van der Waals surface area contributed by atoms with Crippen molar-refractivity contribution in [2.45, 2.75) is 33.4 Å². The minimum atomic E-state index is -0.784. The standard InChI is InChI=1S/C29H28BrN3O5S/c1-6-32-15-17(18-10-8-9-11-21(18)32)12-24-27(34)33-26(19-13-22(36-4)23(37-5)14-20(19)30)25(28(35)38-7-2)16(3)31-29(33)39-24/h8-15,26H,6-7H2,1-5H3/b24-12-/t26-/m0/s1. The molecule has 1 aliphatic heterocycles. The van der Waals surface area contributed by atoms with Crippen LogP contribution in [0.15, 0.2) is 68.1 Å². The second kappa shape index (κ2) is 10.9. The Morgan fingerprint density at radius 1 is 1.15 bits per heavy atom. The van der Waals surface area contributed by atoms with Crippen LogP contribution in [-0.4, -0.2) is 35.9 Å². The summed E-state index contributed by atoms with van der Waals surface area (Å²) in [5, 5.41) is 1.06. The summed E-state index contributed by atoms with van der Waals surface area (Å²) in [5.74, 6) is 0.472. The van der Waals surface area contributed by atoms with Gasteiger partial charge in [0.2, 0.25) is 0 Å². The highest BCUT2D eigenvalue weighted by Crippen LogP contribution is 2.40. The van der Waals surface area contributed by atoms with Crippen LogP contribution in [0, 0.1) is 0 Å². The zero-order chi connectivity index (χ0) is 27.8. The maximum Gasteiger partial charge on any atom is 0.338 e. The molecule has 10 heteroatoms. The number of benzene rings is 2. The molecule has 5 rings (SSSR count). The van der Waals surface area contributed by atoms with Crippen molar-refractivity contribution in [1.82, 2.24) is 9.13 Å². The third kappa shape index (κ3) is 4.61. The second-order valence-electron chi connectivity index (χ2n) is 8.92. The van der Waals surface area contributed by atoms with Gasteiger partial charge in [-0.1, -0.05) is 45.5 Å². The first-order valence-electron chi connectivity index (χ1n) is 12.5. The highest BCUT2D eigenvalue weighted by Gasteiger charge is 2.35. The molecule has 0 fully saturated rings. The van der Waals surface area contributed by atoms with E-state index in [9.17, 15) is 9.59 Å². The van der Waals surface area contributed by atoms with Crippen LogP contribution in [0.3, 0.4) is 0 Å². The largest absolute Gasteiger partial charge is 0.493 e. The summed E-state index contributed by atoms with van der Waals surface area (Å²) >= 11 is 4.93. The van der Waals surface area contributed by atoms with Gasteiger partial charge >= 0.3 is 5.97 Å². The van der Waals surface area contributed by atoms with E-state index in [0.29, 0.717) is 42.1 Å². The fourth-order valence-electron chi connectivity index (χ4n) is 4.96. The third-order valence-corrected chi connectivity index (χ3v) is 8.43. The van der Waals surface area contributed by atoms with E-state index in [1.54, 1.807) is 44.8 Å². The molecule has 3 heterocycles. The van der Waals surface area contributed by atoms with Crippen LogP contribution < -0.4 is 24.4 Å². The smallest absolute Gasteiger partial charge is 0.338 e. The number of hydrogen-bond acceptors (Lipinski definition) is 7. The van der Waals surface area contributed by atoms with Crippen molar-refractivity contribution in [1.29, 1.82) is 0 Å². The zero-order valence-electron chi connectivity index (χ0n) is 22.3. The normalized spacial score (nSPS) is 15.3. The molecule has 0 unspecified atom stereocenters. The van der Waals surface area contributed by atoms with E-state index in [1.807, 2.05) is 18.2 Å². The fraction of sp³-hybridized carbons (Fsp3) is 0.276. The van der Waals surface area contributed by atoms with Crippen LogP contribution >= 0.6 is 27.3 Å². The number of halogens is 1. The molecule has 0 amide bonds. The van der Waals surface area contributed by atoms with Gasteiger partial charge in [0.05, 0.1) is 42.7 Å². The van der Waals surface area contributed by atoms with E-state index in [-0.39, 0.29) is 12.2 Å². The summed E-state index contributed by atoms with van der Waals surface area (Å²) in [6.45, 7) is 6.61. The van der Waals surface area contributed by atoms with Crippen LogP contribution in [0.5, 0.6) is 11.5 Å². The summed E-state index contributed by atoms with van der Waals surface area (Å²) in [5.41, 5.74) is 3.25. The van der Waals surface area contributed by atoms with Gasteiger partial charge in [-0.25, -0.2) is 9.79 Å². The molecule has 2 aromatic heterocycles. The number of nitrogens with zero attached hydrogens (tertiary/aromatic N) is 3. The van der Waals surface area contributed by atoms with Gasteiger partial charge in [0, 0.05) is 33.7 Å². The number of carbonyl (C=O) groups excluding carboxylic acids is 1. The summed E-state index contributed by atoms with van der Waals surface area (Å²) < 4.78 is 21.3. The summed E-state index contributed by atoms with van der Waals surface area (Å²) in [4.78, 5) is 32.5. The second-order valence-corrected chi connectivity index (χ2v) is 10.8. The highest BCUT2D eigenvalue weighted by molar-refractivity contribution is 9.10. The first-order valence-corrected chi connectivity index (χ1v) is 14.1. The van der Waals surface area contributed by atoms with Crippen LogP contribution in [0.2, 0.25) is 0 Å². The number of thiazole rings is 1. The Kier molecular flexibility index (Phi) is 7.51. The Morgan fingerprint density at radius 3 is 2.56 bits per heavy atom. The van der Waals surface area contributed by atoms with Crippen molar-refractivity contribution in [3.8, 4) is 11.5 Å². The van der Waals surface area contributed by atoms with Crippen LogP contribution in [-0.2, 0) is 16.1 Å². The van der Waals surface area contributed by atoms with Gasteiger partial charge < -0.3 is 18.8 Å². The number of para-hydroxylation sites is 1. The Bertz CT molecular complexity index is 1810. The third-order valence-electron chi connectivity index (χ3n) is 6.76. The monoisotopic (exact) mass is 609 g/mol. The molecule has 2 aromatic carbocycles. The molecule has 1 aliphatic rings. The number of aryl methyl sites for hydroxylation is 1. The molecular weight excluding hydrogens is 582 g/mol. The zero-order valence-corrected chi connectivity index (χ0v) is 24.7. The summed E-state index contributed by atoms with van der Waals surface area (Å²) in [6.07, 6.45) is 3.96. The first-order chi connectivity index (χ1) is 18.8. The lowest BCUT2D eigenvalue weighted by Gasteiger charge is -2.26. The lowest BCUT2D eigenvalue weighted by atomic mass is 9.95. The minimum Gasteiger partial charge on any atom is -0.493 e. The number of esters is 1. The number of ether oxygens (including phenoxy) is 3. The average Bonchev–Trinajstić information content (AvgIpc) is 3.44. The number of hydrogen-bond donors (Lipinski definition) is 0. The van der Waals surface area contributed by atoms with Crippen LogP contribution in [0.4, 0.5) is 0 Å². The molecule has 0 N–H and O–H groups in total. The van der Waals surface area contributed by atoms with E-state index in [2.05, 4.69) is 50.7 Å². The number of aromatic nitrogens is 2. The topological polar surface area (TPSA) is 84.1 Å². The lowest BCUT2D eigenvalue weighted by Crippen LogP contribution is -2.40. The number of fused-ring (bicyclic) bond motifs is 2. The number of methoxy groups -OCH3 is 2. The van der Waals surface area contributed by atoms with E-state index < -0.39 is 12.0 Å². The molecule has 39 heavy (non-hydrogen) atoms. The van der Waals surface area contributed by atoms with Gasteiger partial charge in [-0.2, -0.15) is 0 Å². The average molecular weight is 611 g/mol. The predicted octanol–water partition coefficient (Wildman–Crippen LogP) is 4.55. The Hall–Kier alpha value is -3.63. The van der Waals surface area contributed by atoms with Crippen molar-refractivity contribution in [2.24, 2.45) is 4.99 Å². The molecule has 0 saturated carbocycles. The predicted molar refractivity (Wildman–Crippen MR) is 155 cm³/mol. The van der Waals surface area contributed by atoms with Crippen molar-refractivity contribution in [3.63, 3.8) is 0 Å². The maximum atomic E-state index is 14.1. The van der Waals surface area contributed by atoms with E-state index >= 15 is 0 Å². The minimum absolute atomic E-state index is 0.196. The molecule has 202 valence electrons. The molecule has 0 bridgehead atoms. The fourth-order valence-corrected chi connectivity index (χ4v) is 6.53. The lowest BCUT2D eigenvalue weighted by molar-refractivity contribution is -0.139. The number of rotatable bonds is 7. The summed E-state index contributed by atoms with van der Waals surface area (Å²) in [7, 11) is 3.10. The molecule has 0 aliphatic carbocycles. The Balaban J connectivity index is 1.78. The van der Waals surface area contributed by atoms with Crippen LogP contribution in [0.25, 0.3) is 17.0 Å². The number of allylic oxidation sites excluding steroid dienone is 1. The molecule has 8 nitrogen and oxygen atoms in total. The van der Waals surface area contributed by atoms with Crippen molar-refractivity contribution >= 4 is 50.2 Å². The van der Waals surface area contributed by atoms with Crippen LogP contribution in [0.1, 0.15) is 37.9 Å². The SMILES string of the molecule is CCOC(=O)C1=C(C)N=c2s/c(=C\c3cn(CC)c4ccccc34)c(=O)n2[C@H]1c1cc(OC)c(OC)cc1Br. The molecule has 4 aromatic rings. The quantitative estimate of drug-likeness (QED) is 0.287. The van der Waals surface area contributed by atoms with Crippen molar-refractivity contribution in [2.75, 3.05) is 20.8 Å². The van der Waals surface area contributed by atoms with Gasteiger partial charge in [-0.05, 0) is 50.6 Å². The maximum absolute atomic E-state index is 14.1. The van der Waals surface area contributed by atoms with Gasteiger partial charge in [-0.3, -0.25) is 9.36 Å². The van der Waals surface area contributed by atoms with Gasteiger partial charge in [0.25, 0.3) is 5.56 Å². The highest BCUT2D eigenvalue weighted by atomic mass is 79.9. The Labute approximate surface area is 237 Å². The van der Waals surface area contributed by atoms with E-state index in [4.69, 9.17) is 14.2 Å². The molecular formula is C29H28BrN3O5S. The number of carbonyl (C=O) groups is 1. The Morgan fingerprint density at radius 2 is 1.87 bits per heavy atom. The van der Waals surface area contributed by atoms with Gasteiger partial charge in [-0.15, -0.1) is 0 Å².